The molecule has 25 heavy (non-hydrogen) atoms. The number of thiophene rings is 1. The lowest BCUT2D eigenvalue weighted by atomic mass is 10.1. The third-order valence-corrected chi connectivity index (χ3v) is 5.29. The number of hydrogen-bond donors (Lipinski definition) is 1. The van der Waals surface area contributed by atoms with E-state index in [9.17, 15) is 0 Å². The minimum absolute atomic E-state index is 0.800. The molecule has 0 bridgehead atoms. The highest BCUT2D eigenvalue weighted by molar-refractivity contribution is 9.10. The highest BCUT2D eigenvalue weighted by atomic mass is 79.9. The molecule has 0 aliphatic heterocycles. The van der Waals surface area contributed by atoms with Gasteiger partial charge in [0.15, 0.2) is 0 Å². The first-order valence-corrected chi connectivity index (χ1v) is 9.31. The van der Waals surface area contributed by atoms with Gasteiger partial charge in [0.25, 0.3) is 0 Å². The normalized spacial score (nSPS) is 10.8. The minimum atomic E-state index is 0.800. The van der Waals surface area contributed by atoms with Crippen LogP contribution in [0.4, 0.5) is 11.5 Å². The van der Waals surface area contributed by atoms with Crippen molar-refractivity contribution in [2.45, 2.75) is 0 Å². The summed E-state index contributed by atoms with van der Waals surface area (Å²) in [7, 11) is 1.66. The summed E-state index contributed by atoms with van der Waals surface area (Å²) in [6, 6.07) is 16.1. The number of hydrogen-bond acceptors (Lipinski definition) is 5. The van der Waals surface area contributed by atoms with E-state index in [4.69, 9.17) is 4.74 Å². The molecule has 2 aromatic heterocycles. The van der Waals surface area contributed by atoms with Crippen LogP contribution in [-0.4, -0.2) is 17.1 Å². The SMILES string of the molecule is COc1ccc(Nc2ncnc3scc(-c4ccc(Br)cc4)c23)cc1. The molecule has 2 aromatic carbocycles. The fourth-order valence-electron chi connectivity index (χ4n) is 2.62. The van der Waals surface area contributed by atoms with E-state index < -0.39 is 0 Å². The summed E-state index contributed by atoms with van der Waals surface area (Å²) in [6.07, 6.45) is 1.59. The van der Waals surface area contributed by atoms with Crippen LogP contribution in [-0.2, 0) is 0 Å². The van der Waals surface area contributed by atoms with E-state index in [-0.39, 0.29) is 0 Å². The smallest absolute Gasteiger partial charge is 0.143 e. The number of benzene rings is 2. The zero-order valence-corrected chi connectivity index (χ0v) is 15.8. The van der Waals surface area contributed by atoms with Crippen LogP contribution in [0.2, 0.25) is 0 Å². The average Bonchev–Trinajstić information content (AvgIpc) is 3.08. The van der Waals surface area contributed by atoms with Gasteiger partial charge in [0.05, 0.1) is 12.5 Å². The van der Waals surface area contributed by atoms with E-state index in [0.29, 0.717) is 0 Å². The largest absolute Gasteiger partial charge is 0.497 e. The minimum Gasteiger partial charge on any atom is -0.497 e. The Morgan fingerprint density at radius 2 is 1.76 bits per heavy atom. The van der Waals surface area contributed by atoms with Crippen LogP contribution >= 0.6 is 27.3 Å². The van der Waals surface area contributed by atoms with Crippen molar-refractivity contribution in [3.63, 3.8) is 0 Å². The van der Waals surface area contributed by atoms with Gasteiger partial charge in [-0.1, -0.05) is 28.1 Å². The van der Waals surface area contributed by atoms with Crippen molar-refractivity contribution >= 4 is 49.0 Å². The fraction of sp³-hybridized carbons (Fsp3) is 0.0526. The van der Waals surface area contributed by atoms with E-state index >= 15 is 0 Å². The molecule has 2 heterocycles. The van der Waals surface area contributed by atoms with Gasteiger partial charge in [-0.25, -0.2) is 9.97 Å². The highest BCUT2D eigenvalue weighted by Gasteiger charge is 2.13. The topological polar surface area (TPSA) is 47.0 Å². The van der Waals surface area contributed by atoms with Crippen molar-refractivity contribution in [2.75, 3.05) is 12.4 Å². The second kappa shape index (κ2) is 6.82. The van der Waals surface area contributed by atoms with Crippen LogP contribution in [0.1, 0.15) is 0 Å². The van der Waals surface area contributed by atoms with E-state index in [2.05, 4.69) is 48.7 Å². The van der Waals surface area contributed by atoms with Gasteiger partial charge in [0.1, 0.15) is 22.7 Å². The van der Waals surface area contributed by atoms with Gasteiger partial charge < -0.3 is 10.1 Å². The van der Waals surface area contributed by atoms with Gasteiger partial charge in [-0.05, 0) is 42.0 Å². The number of anilines is 2. The van der Waals surface area contributed by atoms with Gasteiger partial charge in [-0.2, -0.15) is 0 Å². The van der Waals surface area contributed by atoms with Crippen LogP contribution in [0, 0.1) is 0 Å². The molecule has 0 aliphatic rings. The molecule has 0 unspecified atom stereocenters. The summed E-state index contributed by atoms with van der Waals surface area (Å²) in [6.45, 7) is 0. The van der Waals surface area contributed by atoms with Crippen molar-refractivity contribution in [3.8, 4) is 16.9 Å². The fourth-order valence-corrected chi connectivity index (χ4v) is 3.80. The lowest BCUT2D eigenvalue weighted by Crippen LogP contribution is -1.95. The first-order valence-electron chi connectivity index (χ1n) is 7.64. The number of nitrogens with one attached hydrogen (secondary N) is 1. The molecular formula is C19H14BrN3OS. The van der Waals surface area contributed by atoms with E-state index in [1.165, 1.54) is 0 Å². The molecule has 0 radical (unpaired) electrons. The van der Waals surface area contributed by atoms with Gasteiger partial charge in [-0.3, -0.25) is 0 Å². The van der Waals surface area contributed by atoms with Gasteiger partial charge >= 0.3 is 0 Å². The number of methoxy groups -OCH3 is 1. The Hall–Kier alpha value is -2.44. The van der Waals surface area contributed by atoms with E-state index in [1.807, 2.05) is 36.4 Å². The second-order valence-corrected chi connectivity index (χ2v) is 7.19. The zero-order chi connectivity index (χ0) is 17.2. The molecule has 0 saturated carbocycles. The Morgan fingerprint density at radius 1 is 1.00 bits per heavy atom. The summed E-state index contributed by atoms with van der Waals surface area (Å²) < 4.78 is 6.27. The summed E-state index contributed by atoms with van der Waals surface area (Å²) in [5, 5.41) is 6.56. The number of nitrogens with zero attached hydrogens (tertiary/aromatic N) is 2. The Bertz CT molecular complexity index is 1010. The number of ether oxygens (including phenoxy) is 1. The summed E-state index contributed by atoms with van der Waals surface area (Å²) >= 11 is 5.11. The monoisotopic (exact) mass is 411 g/mol. The Morgan fingerprint density at radius 3 is 2.48 bits per heavy atom. The van der Waals surface area contributed by atoms with Crippen LogP contribution in [0.15, 0.2) is 64.7 Å². The van der Waals surface area contributed by atoms with E-state index in [1.54, 1.807) is 24.8 Å². The Balaban J connectivity index is 1.78. The van der Waals surface area contributed by atoms with Crippen LogP contribution in [0.3, 0.4) is 0 Å². The molecule has 4 aromatic rings. The molecule has 0 fully saturated rings. The standard InChI is InChI=1S/C19H14BrN3OS/c1-24-15-8-6-14(7-9-15)23-18-17-16(10-25-19(17)22-11-21-18)12-2-4-13(20)5-3-12/h2-11H,1H3,(H,21,22,23). The molecular weight excluding hydrogens is 398 g/mol. The average molecular weight is 412 g/mol. The van der Waals surface area contributed by atoms with E-state index in [0.717, 1.165) is 43.1 Å². The molecule has 6 heteroatoms. The van der Waals surface area contributed by atoms with Crippen LogP contribution < -0.4 is 10.1 Å². The van der Waals surface area contributed by atoms with Crippen molar-refractivity contribution in [2.24, 2.45) is 0 Å². The van der Waals surface area contributed by atoms with Crippen molar-refractivity contribution in [3.05, 3.63) is 64.7 Å². The number of rotatable bonds is 4. The quantitative estimate of drug-likeness (QED) is 0.455. The van der Waals surface area contributed by atoms with Crippen molar-refractivity contribution in [1.82, 2.24) is 9.97 Å². The van der Waals surface area contributed by atoms with Gasteiger partial charge in [0.2, 0.25) is 0 Å². The second-order valence-electron chi connectivity index (χ2n) is 5.41. The third kappa shape index (κ3) is 3.23. The molecule has 4 nitrogen and oxygen atoms in total. The molecule has 1 N–H and O–H groups in total. The highest BCUT2D eigenvalue weighted by Crippen LogP contribution is 2.37. The first kappa shape index (κ1) is 16.1. The maximum Gasteiger partial charge on any atom is 0.143 e. The third-order valence-electron chi connectivity index (χ3n) is 3.88. The summed E-state index contributed by atoms with van der Waals surface area (Å²) in [4.78, 5) is 9.84. The predicted molar refractivity (Wildman–Crippen MR) is 107 cm³/mol. The lowest BCUT2D eigenvalue weighted by molar-refractivity contribution is 0.415. The van der Waals surface area contributed by atoms with Crippen molar-refractivity contribution < 1.29 is 4.74 Å². The van der Waals surface area contributed by atoms with Crippen molar-refractivity contribution in [1.29, 1.82) is 0 Å². The first-order chi connectivity index (χ1) is 12.2. The summed E-state index contributed by atoms with van der Waals surface area (Å²) in [5.74, 6) is 1.62. The zero-order valence-electron chi connectivity index (χ0n) is 13.4. The van der Waals surface area contributed by atoms with Gasteiger partial charge in [-0.15, -0.1) is 11.3 Å². The molecule has 0 spiro atoms. The van der Waals surface area contributed by atoms with Crippen LogP contribution in [0.25, 0.3) is 21.3 Å². The maximum absolute atomic E-state index is 5.21. The molecule has 124 valence electrons. The molecule has 0 aliphatic carbocycles. The number of halogens is 1. The predicted octanol–water partition coefficient (Wildman–Crippen LogP) is 5.87. The van der Waals surface area contributed by atoms with Gasteiger partial charge in [0, 0.05) is 21.1 Å². The Labute approximate surface area is 157 Å². The van der Waals surface area contributed by atoms with Crippen LogP contribution in [0.5, 0.6) is 5.75 Å². The molecule has 4 rings (SSSR count). The molecule has 0 atom stereocenters. The lowest BCUT2D eigenvalue weighted by Gasteiger charge is -2.09. The molecule has 0 saturated heterocycles. The maximum atomic E-state index is 5.21. The Kier molecular flexibility index (Phi) is 4.38. The number of fused-ring (bicyclic) bond motifs is 1. The number of aromatic nitrogens is 2. The summed E-state index contributed by atoms with van der Waals surface area (Å²) in [5.41, 5.74) is 3.22. The molecule has 0 amide bonds.